The maximum Gasteiger partial charge on any atom is 0.0580 e. The number of aromatic nitrogens is 1. The van der Waals surface area contributed by atoms with Crippen molar-refractivity contribution < 1.29 is 5.11 Å². The Morgan fingerprint density at radius 2 is 2.10 bits per heavy atom. The van der Waals surface area contributed by atoms with Gasteiger partial charge in [0.2, 0.25) is 0 Å². The van der Waals surface area contributed by atoms with E-state index in [4.69, 9.17) is 0 Å². The molecule has 0 aliphatic heterocycles. The summed E-state index contributed by atoms with van der Waals surface area (Å²) in [7, 11) is 0. The van der Waals surface area contributed by atoms with Gasteiger partial charge in [-0.2, -0.15) is 0 Å². The Bertz CT molecular complexity index is 435. The number of rotatable bonds is 6. The molecule has 3 atom stereocenters. The van der Waals surface area contributed by atoms with Crippen LogP contribution in [0.15, 0.2) is 18.2 Å². The van der Waals surface area contributed by atoms with E-state index in [0.29, 0.717) is 5.92 Å². The highest BCUT2D eigenvalue weighted by Gasteiger charge is 2.29. The van der Waals surface area contributed by atoms with Crippen LogP contribution in [0.2, 0.25) is 0 Å². The molecule has 1 heterocycles. The molecule has 1 aromatic rings. The average molecular weight is 290 g/mol. The second-order valence-corrected chi connectivity index (χ2v) is 6.51. The van der Waals surface area contributed by atoms with Crippen molar-refractivity contribution in [1.29, 1.82) is 0 Å². The van der Waals surface area contributed by atoms with Gasteiger partial charge in [-0.3, -0.25) is 9.88 Å². The predicted octanol–water partition coefficient (Wildman–Crippen LogP) is 3.40. The molecule has 118 valence electrons. The Kier molecular flexibility index (Phi) is 6.19. The first-order valence-electron chi connectivity index (χ1n) is 8.45. The largest absolute Gasteiger partial charge is 0.393 e. The summed E-state index contributed by atoms with van der Waals surface area (Å²) in [5, 5.41) is 10.3. The molecule has 0 spiro atoms. The van der Waals surface area contributed by atoms with E-state index in [1.807, 2.05) is 13.0 Å². The third kappa shape index (κ3) is 4.79. The summed E-state index contributed by atoms with van der Waals surface area (Å²) in [6.07, 6.45) is 4.47. The molecule has 1 aliphatic rings. The Balaban J connectivity index is 1.94. The number of hydrogen-bond donors (Lipinski definition) is 1. The SMILES string of the molecule is CCC1CCC(O)C(CN(CC)Cc2cccc(C)n2)C1. The fraction of sp³-hybridized carbons (Fsp3) is 0.722. The van der Waals surface area contributed by atoms with E-state index < -0.39 is 0 Å². The van der Waals surface area contributed by atoms with Crippen LogP contribution in [0.4, 0.5) is 0 Å². The number of aliphatic hydroxyl groups is 1. The van der Waals surface area contributed by atoms with E-state index in [1.165, 1.54) is 19.3 Å². The van der Waals surface area contributed by atoms with Gasteiger partial charge in [0, 0.05) is 18.8 Å². The fourth-order valence-electron chi connectivity index (χ4n) is 3.47. The monoisotopic (exact) mass is 290 g/mol. The highest BCUT2D eigenvalue weighted by molar-refractivity contribution is 5.09. The molecule has 3 unspecified atom stereocenters. The lowest BCUT2D eigenvalue weighted by Gasteiger charge is -2.36. The first kappa shape index (κ1) is 16.4. The minimum absolute atomic E-state index is 0.118. The van der Waals surface area contributed by atoms with Crippen molar-refractivity contribution in [3.63, 3.8) is 0 Å². The molecule has 1 aliphatic carbocycles. The lowest BCUT2D eigenvalue weighted by Crippen LogP contribution is -2.38. The summed E-state index contributed by atoms with van der Waals surface area (Å²) in [5.41, 5.74) is 2.21. The molecule has 0 saturated heterocycles. The van der Waals surface area contributed by atoms with E-state index in [0.717, 1.165) is 43.4 Å². The molecule has 1 N–H and O–H groups in total. The smallest absolute Gasteiger partial charge is 0.0580 e. The predicted molar refractivity (Wildman–Crippen MR) is 87.1 cm³/mol. The zero-order valence-electron chi connectivity index (χ0n) is 13.8. The highest BCUT2D eigenvalue weighted by atomic mass is 16.3. The van der Waals surface area contributed by atoms with Crippen LogP contribution >= 0.6 is 0 Å². The van der Waals surface area contributed by atoms with Crippen molar-refractivity contribution in [2.45, 2.75) is 59.1 Å². The maximum atomic E-state index is 10.3. The van der Waals surface area contributed by atoms with Crippen molar-refractivity contribution in [2.24, 2.45) is 11.8 Å². The van der Waals surface area contributed by atoms with Gasteiger partial charge in [0.25, 0.3) is 0 Å². The van der Waals surface area contributed by atoms with Crippen LogP contribution in [0.25, 0.3) is 0 Å². The van der Waals surface area contributed by atoms with E-state index in [9.17, 15) is 5.11 Å². The van der Waals surface area contributed by atoms with Crippen LogP contribution in [0.3, 0.4) is 0 Å². The van der Waals surface area contributed by atoms with Gasteiger partial charge < -0.3 is 5.11 Å². The van der Waals surface area contributed by atoms with Crippen molar-refractivity contribution in [2.75, 3.05) is 13.1 Å². The van der Waals surface area contributed by atoms with Crippen molar-refractivity contribution in [1.82, 2.24) is 9.88 Å². The molecule has 3 heteroatoms. The van der Waals surface area contributed by atoms with Gasteiger partial charge in [-0.1, -0.05) is 26.3 Å². The number of aliphatic hydroxyl groups excluding tert-OH is 1. The van der Waals surface area contributed by atoms with Crippen LogP contribution < -0.4 is 0 Å². The number of hydrogen-bond acceptors (Lipinski definition) is 3. The fourth-order valence-corrected chi connectivity index (χ4v) is 3.47. The van der Waals surface area contributed by atoms with Crippen molar-refractivity contribution >= 4 is 0 Å². The third-order valence-corrected chi connectivity index (χ3v) is 4.90. The molecule has 1 saturated carbocycles. The summed E-state index contributed by atoms with van der Waals surface area (Å²) in [6, 6.07) is 6.21. The van der Waals surface area contributed by atoms with Gasteiger partial charge in [0.1, 0.15) is 0 Å². The summed E-state index contributed by atoms with van der Waals surface area (Å²) in [4.78, 5) is 7.02. The Labute approximate surface area is 129 Å². The van der Waals surface area contributed by atoms with Crippen LogP contribution in [-0.2, 0) is 6.54 Å². The minimum atomic E-state index is -0.118. The van der Waals surface area contributed by atoms with Gasteiger partial charge in [0.15, 0.2) is 0 Å². The highest BCUT2D eigenvalue weighted by Crippen LogP contribution is 2.32. The van der Waals surface area contributed by atoms with Crippen molar-refractivity contribution in [3.05, 3.63) is 29.6 Å². The Morgan fingerprint density at radius 3 is 2.76 bits per heavy atom. The molecule has 21 heavy (non-hydrogen) atoms. The molecule has 0 radical (unpaired) electrons. The standard InChI is InChI=1S/C18H30N2O/c1-4-15-9-10-18(21)16(11-15)12-20(5-2)13-17-8-6-7-14(3)19-17/h6-8,15-16,18,21H,4-5,9-13H2,1-3H3. The topological polar surface area (TPSA) is 36.4 Å². The summed E-state index contributed by atoms with van der Waals surface area (Å²) >= 11 is 0. The maximum absolute atomic E-state index is 10.3. The summed E-state index contributed by atoms with van der Waals surface area (Å²) < 4.78 is 0. The van der Waals surface area contributed by atoms with E-state index >= 15 is 0 Å². The van der Waals surface area contributed by atoms with Crippen LogP contribution in [0.5, 0.6) is 0 Å². The van der Waals surface area contributed by atoms with Crippen LogP contribution in [0.1, 0.15) is 50.9 Å². The minimum Gasteiger partial charge on any atom is -0.393 e. The number of pyridine rings is 1. The molecular weight excluding hydrogens is 260 g/mol. The third-order valence-electron chi connectivity index (χ3n) is 4.90. The second kappa shape index (κ2) is 7.90. The molecule has 0 aromatic carbocycles. The van der Waals surface area contributed by atoms with Crippen LogP contribution in [0, 0.1) is 18.8 Å². The van der Waals surface area contributed by atoms with E-state index in [1.54, 1.807) is 0 Å². The molecular formula is C18H30N2O. The molecule has 0 bridgehead atoms. The van der Waals surface area contributed by atoms with Gasteiger partial charge in [-0.05, 0) is 56.7 Å². The Hall–Kier alpha value is -0.930. The van der Waals surface area contributed by atoms with E-state index in [2.05, 4.69) is 35.9 Å². The first-order valence-corrected chi connectivity index (χ1v) is 8.45. The number of nitrogens with zero attached hydrogens (tertiary/aromatic N) is 2. The Morgan fingerprint density at radius 1 is 1.29 bits per heavy atom. The average Bonchev–Trinajstić information content (AvgIpc) is 2.48. The quantitative estimate of drug-likeness (QED) is 0.872. The summed E-state index contributed by atoms with van der Waals surface area (Å²) in [6.45, 7) is 9.39. The van der Waals surface area contributed by atoms with Crippen LogP contribution in [-0.4, -0.2) is 34.2 Å². The first-order chi connectivity index (χ1) is 10.1. The van der Waals surface area contributed by atoms with Crippen molar-refractivity contribution in [3.8, 4) is 0 Å². The zero-order chi connectivity index (χ0) is 15.2. The number of aryl methyl sites for hydroxylation is 1. The molecule has 1 aromatic heterocycles. The van der Waals surface area contributed by atoms with Gasteiger partial charge in [-0.15, -0.1) is 0 Å². The lowest BCUT2D eigenvalue weighted by molar-refractivity contribution is 0.0259. The van der Waals surface area contributed by atoms with Gasteiger partial charge in [-0.25, -0.2) is 0 Å². The molecule has 0 amide bonds. The molecule has 1 fully saturated rings. The molecule has 2 rings (SSSR count). The lowest BCUT2D eigenvalue weighted by atomic mass is 9.78. The normalized spacial score (nSPS) is 26.2. The zero-order valence-corrected chi connectivity index (χ0v) is 13.8. The van der Waals surface area contributed by atoms with Gasteiger partial charge >= 0.3 is 0 Å². The summed E-state index contributed by atoms with van der Waals surface area (Å²) in [5.74, 6) is 1.22. The van der Waals surface area contributed by atoms with Gasteiger partial charge in [0.05, 0.1) is 11.8 Å². The van der Waals surface area contributed by atoms with E-state index in [-0.39, 0.29) is 6.10 Å². The molecule has 3 nitrogen and oxygen atoms in total. The second-order valence-electron chi connectivity index (χ2n) is 6.51.